The number of hydrogen-bond donors (Lipinski definition) is 2. The molecule has 2 N–H and O–H groups in total. The maximum absolute atomic E-state index is 11.3. The molecule has 0 spiro atoms. The van der Waals surface area contributed by atoms with Gasteiger partial charge in [-0.2, -0.15) is 0 Å². The second-order valence-corrected chi connectivity index (χ2v) is 5.00. The number of piperazine rings is 1. The van der Waals surface area contributed by atoms with Crippen LogP contribution in [0.25, 0.3) is 0 Å². The number of nitrogens with zero attached hydrogens (tertiary/aromatic N) is 2. The molecule has 7 heteroatoms. The molecular formula is C11H16N4O2S. The molecule has 2 rings (SSSR count). The highest BCUT2D eigenvalue weighted by Crippen LogP contribution is 2.24. The summed E-state index contributed by atoms with van der Waals surface area (Å²) < 4.78 is 0. The lowest BCUT2D eigenvalue weighted by Crippen LogP contribution is -2.51. The van der Waals surface area contributed by atoms with Gasteiger partial charge in [0, 0.05) is 11.4 Å². The first kappa shape index (κ1) is 13.0. The Morgan fingerprint density at radius 2 is 2.17 bits per heavy atom. The standard InChI is InChI=1S/C11H16N4O2S/c1-3-12-7(2)8-6-18-11(13-8)15-4-9(16)14-10(17)5-15/h6-7,12H,3-5H2,1-2H3,(H,14,16,17). The molecule has 0 bridgehead atoms. The molecule has 1 aromatic heterocycles. The van der Waals surface area contributed by atoms with E-state index in [0.29, 0.717) is 0 Å². The summed E-state index contributed by atoms with van der Waals surface area (Å²) >= 11 is 1.46. The Morgan fingerprint density at radius 1 is 1.50 bits per heavy atom. The smallest absolute Gasteiger partial charge is 0.246 e. The number of thiazole rings is 1. The van der Waals surface area contributed by atoms with Crippen LogP contribution in [0.3, 0.4) is 0 Å². The van der Waals surface area contributed by atoms with Gasteiger partial charge in [0.25, 0.3) is 0 Å². The summed E-state index contributed by atoms with van der Waals surface area (Å²) in [6, 6.07) is 0.175. The quantitative estimate of drug-likeness (QED) is 0.767. The topological polar surface area (TPSA) is 74.3 Å². The Kier molecular flexibility index (Phi) is 3.93. The van der Waals surface area contributed by atoms with Crippen LogP contribution in [0, 0.1) is 0 Å². The van der Waals surface area contributed by atoms with Crippen LogP contribution >= 0.6 is 11.3 Å². The normalized spacial score (nSPS) is 17.8. The minimum absolute atomic E-state index is 0.175. The lowest BCUT2D eigenvalue weighted by molar-refractivity contribution is -0.130. The first-order valence-corrected chi connectivity index (χ1v) is 6.74. The van der Waals surface area contributed by atoms with Crippen LogP contribution in [0.2, 0.25) is 0 Å². The van der Waals surface area contributed by atoms with Crippen molar-refractivity contribution in [1.29, 1.82) is 0 Å². The highest BCUT2D eigenvalue weighted by molar-refractivity contribution is 7.13. The molecule has 18 heavy (non-hydrogen) atoms. The second kappa shape index (κ2) is 5.45. The molecule has 0 aliphatic carbocycles. The summed E-state index contributed by atoms with van der Waals surface area (Å²) in [6.45, 7) is 5.33. The summed E-state index contributed by atoms with van der Waals surface area (Å²) in [6.07, 6.45) is 0. The molecule has 1 unspecified atom stereocenters. The van der Waals surface area contributed by atoms with Crippen molar-refractivity contribution in [1.82, 2.24) is 15.6 Å². The summed E-state index contributed by atoms with van der Waals surface area (Å²) in [5, 5.41) is 8.23. The van der Waals surface area contributed by atoms with Gasteiger partial charge in [-0.3, -0.25) is 14.9 Å². The maximum Gasteiger partial charge on any atom is 0.246 e. The lowest BCUT2D eigenvalue weighted by atomic mass is 10.2. The Balaban J connectivity index is 2.09. The van der Waals surface area contributed by atoms with Crippen LogP contribution in [0.5, 0.6) is 0 Å². The highest BCUT2D eigenvalue weighted by Gasteiger charge is 2.24. The van der Waals surface area contributed by atoms with Crippen molar-refractivity contribution in [2.45, 2.75) is 19.9 Å². The van der Waals surface area contributed by atoms with Crippen LogP contribution < -0.4 is 15.5 Å². The third kappa shape index (κ3) is 2.85. The molecule has 1 atom stereocenters. The number of nitrogens with one attached hydrogen (secondary N) is 2. The summed E-state index contributed by atoms with van der Waals surface area (Å²) in [5.41, 5.74) is 0.940. The van der Waals surface area contributed by atoms with Gasteiger partial charge in [0.2, 0.25) is 11.8 Å². The fourth-order valence-corrected chi connectivity index (χ4v) is 2.72. The van der Waals surface area contributed by atoms with Crippen molar-refractivity contribution >= 4 is 28.3 Å². The first-order chi connectivity index (χ1) is 8.60. The highest BCUT2D eigenvalue weighted by atomic mass is 32.1. The van der Waals surface area contributed by atoms with E-state index in [4.69, 9.17) is 0 Å². The Morgan fingerprint density at radius 3 is 2.78 bits per heavy atom. The molecule has 0 saturated carbocycles. The van der Waals surface area contributed by atoms with Gasteiger partial charge in [0.1, 0.15) is 13.1 Å². The second-order valence-electron chi connectivity index (χ2n) is 4.16. The van der Waals surface area contributed by atoms with E-state index in [1.54, 1.807) is 4.90 Å². The van der Waals surface area contributed by atoms with Crippen LogP contribution in [-0.4, -0.2) is 36.4 Å². The predicted octanol–water partition coefficient (Wildman–Crippen LogP) is 0.276. The molecule has 1 aliphatic heterocycles. The molecule has 1 aromatic rings. The molecule has 2 heterocycles. The fourth-order valence-electron chi connectivity index (χ4n) is 1.80. The van der Waals surface area contributed by atoms with Crippen molar-refractivity contribution < 1.29 is 9.59 Å². The number of carbonyl (C=O) groups is 2. The zero-order valence-corrected chi connectivity index (χ0v) is 11.2. The number of imide groups is 1. The van der Waals surface area contributed by atoms with Gasteiger partial charge >= 0.3 is 0 Å². The zero-order valence-electron chi connectivity index (χ0n) is 10.4. The number of aromatic nitrogens is 1. The molecule has 1 saturated heterocycles. The van der Waals surface area contributed by atoms with Gasteiger partial charge in [-0.15, -0.1) is 11.3 Å². The van der Waals surface area contributed by atoms with Gasteiger partial charge < -0.3 is 10.2 Å². The minimum atomic E-state index is -0.275. The summed E-state index contributed by atoms with van der Waals surface area (Å²) in [5.74, 6) is -0.550. The molecule has 1 aliphatic rings. The lowest BCUT2D eigenvalue weighted by Gasteiger charge is -2.24. The summed E-state index contributed by atoms with van der Waals surface area (Å²) in [7, 11) is 0. The van der Waals surface area contributed by atoms with Gasteiger partial charge in [0.05, 0.1) is 5.69 Å². The molecule has 2 amide bonds. The van der Waals surface area contributed by atoms with E-state index in [0.717, 1.165) is 17.4 Å². The van der Waals surface area contributed by atoms with E-state index >= 15 is 0 Å². The van der Waals surface area contributed by atoms with Gasteiger partial charge in [-0.05, 0) is 13.5 Å². The van der Waals surface area contributed by atoms with Crippen LogP contribution in [0.15, 0.2) is 5.38 Å². The molecule has 0 radical (unpaired) electrons. The average Bonchev–Trinajstić information content (AvgIpc) is 2.77. The molecular weight excluding hydrogens is 252 g/mol. The third-order valence-electron chi connectivity index (χ3n) is 2.68. The molecule has 1 fully saturated rings. The largest absolute Gasteiger partial charge is 0.329 e. The molecule has 0 aromatic carbocycles. The van der Waals surface area contributed by atoms with Crippen LogP contribution in [0.1, 0.15) is 25.6 Å². The number of rotatable bonds is 4. The number of carbonyl (C=O) groups excluding carboxylic acids is 2. The number of amides is 2. The molecule has 6 nitrogen and oxygen atoms in total. The summed E-state index contributed by atoms with van der Waals surface area (Å²) in [4.78, 5) is 28.8. The van der Waals surface area contributed by atoms with Gasteiger partial charge in [-0.25, -0.2) is 4.98 Å². The van der Waals surface area contributed by atoms with E-state index in [2.05, 4.69) is 15.6 Å². The SMILES string of the molecule is CCNC(C)c1csc(N2CC(=O)NC(=O)C2)n1. The van der Waals surface area contributed by atoms with E-state index < -0.39 is 0 Å². The third-order valence-corrected chi connectivity index (χ3v) is 3.60. The Labute approximate surface area is 109 Å². The fraction of sp³-hybridized carbons (Fsp3) is 0.545. The van der Waals surface area contributed by atoms with Crippen molar-refractivity contribution in [2.75, 3.05) is 24.5 Å². The molecule has 98 valence electrons. The minimum Gasteiger partial charge on any atom is -0.329 e. The zero-order chi connectivity index (χ0) is 13.1. The van der Waals surface area contributed by atoms with Crippen LogP contribution in [-0.2, 0) is 9.59 Å². The van der Waals surface area contributed by atoms with E-state index in [9.17, 15) is 9.59 Å². The van der Waals surface area contributed by atoms with Crippen molar-refractivity contribution in [3.05, 3.63) is 11.1 Å². The van der Waals surface area contributed by atoms with E-state index in [-0.39, 0.29) is 30.9 Å². The average molecular weight is 268 g/mol. The van der Waals surface area contributed by atoms with Gasteiger partial charge in [0.15, 0.2) is 5.13 Å². The monoisotopic (exact) mass is 268 g/mol. The van der Waals surface area contributed by atoms with Crippen LogP contribution in [0.4, 0.5) is 5.13 Å². The number of hydrogen-bond acceptors (Lipinski definition) is 6. The van der Waals surface area contributed by atoms with E-state index in [1.165, 1.54) is 11.3 Å². The van der Waals surface area contributed by atoms with Crippen molar-refractivity contribution in [3.8, 4) is 0 Å². The Hall–Kier alpha value is -1.47. The van der Waals surface area contributed by atoms with Gasteiger partial charge in [-0.1, -0.05) is 6.92 Å². The predicted molar refractivity (Wildman–Crippen MR) is 69.6 cm³/mol. The van der Waals surface area contributed by atoms with Crippen molar-refractivity contribution in [2.24, 2.45) is 0 Å². The maximum atomic E-state index is 11.3. The number of anilines is 1. The van der Waals surface area contributed by atoms with E-state index in [1.807, 2.05) is 19.2 Å². The van der Waals surface area contributed by atoms with Crippen molar-refractivity contribution in [3.63, 3.8) is 0 Å². The first-order valence-electron chi connectivity index (χ1n) is 5.86. The Bertz CT molecular complexity index is 444.